The first-order chi connectivity index (χ1) is 19.2. The van der Waals surface area contributed by atoms with E-state index in [0.717, 1.165) is 65.0 Å². The second-order valence-corrected chi connectivity index (χ2v) is 14.5. The number of thiophene rings is 4. The zero-order valence-corrected chi connectivity index (χ0v) is 26.2. The number of hydrogen-bond donors (Lipinski definition) is 0. The molecule has 1 fully saturated rings. The number of allylic oxidation sites excluding steroid dienone is 2. The van der Waals surface area contributed by atoms with E-state index in [1.54, 1.807) is 0 Å². The van der Waals surface area contributed by atoms with Crippen molar-refractivity contribution in [3.8, 4) is 19.5 Å². The standard InChI is InChI=1S/C33H38O2S4/c1-3-5-15-34-23-33(24-35-16-6-4-2)21-25(19-27-11-13-31(38-27)29-9-7-17-36-29)26(22-33)20-28-12-14-32(39-28)30-10-8-18-37-30/h7-14,17-20H,3-6,15-16,21-24H2,1-2H3/b25-19+,26-20+. The van der Waals surface area contributed by atoms with Crippen molar-refractivity contribution in [1.82, 2.24) is 0 Å². The molecule has 0 aromatic carbocycles. The highest BCUT2D eigenvalue weighted by atomic mass is 32.1. The van der Waals surface area contributed by atoms with E-state index in [2.05, 4.69) is 85.3 Å². The van der Waals surface area contributed by atoms with Crippen LogP contribution in [0.15, 0.2) is 70.4 Å². The largest absolute Gasteiger partial charge is 0.381 e. The summed E-state index contributed by atoms with van der Waals surface area (Å²) in [5.41, 5.74) is 2.85. The molecular formula is C33H38O2S4. The summed E-state index contributed by atoms with van der Waals surface area (Å²) in [6.07, 6.45) is 11.4. The number of ether oxygens (including phenoxy) is 2. The Morgan fingerprint density at radius 1 is 0.667 bits per heavy atom. The number of hydrogen-bond acceptors (Lipinski definition) is 6. The van der Waals surface area contributed by atoms with Crippen LogP contribution < -0.4 is 0 Å². The minimum absolute atomic E-state index is 0.0131. The monoisotopic (exact) mass is 594 g/mol. The smallest absolute Gasteiger partial charge is 0.0550 e. The number of unbranched alkanes of at least 4 members (excludes halogenated alkanes) is 2. The zero-order chi connectivity index (χ0) is 26.9. The summed E-state index contributed by atoms with van der Waals surface area (Å²) in [6.45, 7) is 7.61. The number of rotatable bonds is 14. The normalized spacial score (nSPS) is 17.1. The van der Waals surface area contributed by atoms with Gasteiger partial charge < -0.3 is 9.47 Å². The molecule has 0 unspecified atom stereocenters. The molecule has 1 saturated carbocycles. The van der Waals surface area contributed by atoms with Gasteiger partial charge in [0.05, 0.1) is 13.2 Å². The van der Waals surface area contributed by atoms with Crippen molar-refractivity contribution in [3.63, 3.8) is 0 Å². The van der Waals surface area contributed by atoms with Gasteiger partial charge in [0, 0.05) is 47.9 Å². The van der Waals surface area contributed by atoms with Gasteiger partial charge in [-0.05, 0) is 96.1 Å². The van der Waals surface area contributed by atoms with Crippen LogP contribution in [0.3, 0.4) is 0 Å². The van der Waals surface area contributed by atoms with Gasteiger partial charge in [0.25, 0.3) is 0 Å². The molecule has 5 rings (SSSR count). The SMILES string of the molecule is CCCCOCC1(COCCCC)CC(=C\c2ccc(-c3cccs3)s2)/C(=C/c2ccc(-c3cccs3)s2)C1. The van der Waals surface area contributed by atoms with E-state index < -0.39 is 0 Å². The molecule has 2 nitrogen and oxygen atoms in total. The Morgan fingerprint density at radius 3 is 1.56 bits per heavy atom. The lowest BCUT2D eigenvalue weighted by Gasteiger charge is -2.28. The molecule has 1 aliphatic rings. The molecule has 4 heterocycles. The van der Waals surface area contributed by atoms with Crippen molar-refractivity contribution in [2.45, 2.75) is 52.4 Å². The summed E-state index contributed by atoms with van der Waals surface area (Å²) in [4.78, 5) is 8.01. The molecule has 0 bridgehead atoms. The molecule has 0 radical (unpaired) electrons. The first-order valence-corrected chi connectivity index (χ1v) is 17.4. The van der Waals surface area contributed by atoms with Crippen molar-refractivity contribution in [2.75, 3.05) is 26.4 Å². The Hall–Kier alpha value is -1.80. The molecule has 206 valence electrons. The lowest BCUT2D eigenvalue weighted by molar-refractivity contribution is -0.0169. The van der Waals surface area contributed by atoms with Gasteiger partial charge in [-0.15, -0.1) is 45.3 Å². The van der Waals surface area contributed by atoms with Gasteiger partial charge in [0.2, 0.25) is 0 Å². The van der Waals surface area contributed by atoms with Crippen molar-refractivity contribution in [3.05, 3.63) is 80.2 Å². The van der Waals surface area contributed by atoms with E-state index in [1.807, 2.05) is 45.3 Å². The van der Waals surface area contributed by atoms with E-state index in [0.29, 0.717) is 0 Å². The second kappa shape index (κ2) is 14.2. The van der Waals surface area contributed by atoms with E-state index in [1.165, 1.54) is 40.4 Å². The third-order valence-electron chi connectivity index (χ3n) is 7.06. The average molecular weight is 595 g/mol. The summed E-state index contributed by atoms with van der Waals surface area (Å²) in [6, 6.07) is 17.8. The molecule has 6 heteroatoms. The quantitative estimate of drug-likeness (QED) is 0.135. The molecular weight excluding hydrogens is 557 g/mol. The summed E-state index contributed by atoms with van der Waals surface area (Å²) in [7, 11) is 0. The lowest BCUT2D eigenvalue weighted by atomic mass is 9.87. The van der Waals surface area contributed by atoms with Crippen LogP contribution in [0, 0.1) is 5.41 Å². The first-order valence-electron chi connectivity index (χ1n) is 14.0. The highest BCUT2D eigenvalue weighted by Gasteiger charge is 2.40. The summed E-state index contributed by atoms with van der Waals surface area (Å²) in [5.74, 6) is 0. The molecule has 39 heavy (non-hydrogen) atoms. The van der Waals surface area contributed by atoms with E-state index in [9.17, 15) is 0 Å². The maximum Gasteiger partial charge on any atom is 0.0550 e. The summed E-state index contributed by atoms with van der Waals surface area (Å²) >= 11 is 7.39. The Labute approximate surface area is 249 Å². The minimum atomic E-state index is -0.0131. The Morgan fingerprint density at radius 2 is 1.15 bits per heavy atom. The van der Waals surface area contributed by atoms with Crippen LogP contribution in [0.1, 0.15) is 62.1 Å². The maximum atomic E-state index is 6.30. The molecule has 0 atom stereocenters. The fourth-order valence-corrected chi connectivity index (χ4v) is 8.63. The fourth-order valence-electron chi connectivity index (χ4n) is 5.01. The highest BCUT2D eigenvalue weighted by Crippen LogP contribution is 2.48. The van der Waals surface area contributed by atoms with Crippen molar-refractivity contribution in [2.24, 2.45) is 5.41 Å². The predicted octanol–water partition coefficient (Wildman–Crippen LogP) is 11.1. The van der Waals surface area contributed by atoms with Crippen molar-refractivity contribution in [1.29, 1.82) is 0 Å². The van der Waals surface area contributed by atoms with Gasteiger partial charge in [-0.1, -0.05) is 38.8 Å². The van der Waals surface area contributed by atoms with Crippen molar-refractivity contribution < 1.29 is 9.47 Å². The summed E-state index contributed by atoms with van der Waals surface area (Å²) < 4.78 is 12.6. The topological polar surface area (TPSA) is 18.5 Å². The maximum absolute atomic E-state index is 6.30. The van der Waals surface area contributed by atoms with Crippen LogP contribution in [0.4, 0.5) is 0 Å². The average Bonchev–Trinajstić information content (AvgIpc) is 3.77. The van der Waals surface area contributed by atoms with E-state index in [-0.39, 0.29) is 5.41 Å². The third kappa shape index (κ3) is 7.69. The van der Waals surface area contributed by atoms with Gasteiger partial charge in [-0.3, -0.25) is 0 Å². The Bertz CT molecular complexity index is 1230. The van der Waals surface area contributed by atoms with Crippen LogP contribution >= 0.6 is 45.3 Å². The van der Waals surface area contributed by atoms with Gasteiger partial charge in [-0.25, -0.2) is 0 Å². The van der Waals surface area contributed by atoms with Gasteiger partial charge >= 0.3 is 0 Å². The fraction of sp³-hybridized carbons (Fsp3) is 0.394. The third-order valence-corrected chi connectivity index (χ3v) is 11.3. The van der Waals surface area contributed by atoms with Crippen LogP contribution in [-0.4, -0.2) is 26.4 Å². The van der Waals surface area contributed by atoms with Crippen LogP contribution in [0.25, 0.3) is 31.7 Å². The van der Waals surface area contributed by atoms with Gasteiger partial charge in [0.15, 0.2) is 0 Å². The summed E-state index contributed by atoms with van der Waals surface area (Å²) in [5, 5.41) is 4.31. The van der Waals surface area contributed by atoms with E-state index >= 15 is 0 Å². The molecule has 0 aliphatic heterocycles. The predicted molar refractivity (Wildman–Crippen MR) is 174 cm³/mol. The van der Waals surface area contributed by atoms with E-state index in [4.69, 9.17) is 9.47 Å². The Kier molecular flexibility index (Phi) is 10.5. The minimum Gasteiger partial charge on any atom is -0.381 e. The molecule has 0 amide bonds. The molecule has 0 saturated heterocycles. The molecule has 1 aliphatic carbocycles. The first kappa shape index (κ1) is 28.7. The van der Waals surface area contributed by atoms with Crippen molar-refractivity contribution >= 4 is 57.5 Å². The zero-order valence-electron chi connectivity index (χ0n) is 22.9. The van der Waals surface area contributed by atoms with Gasteiger partial charge in [-0.2, -0.15) is 0 Å². The molecule has 0 spiro atoms. The van der Waals surface area contributed by atoms with Crippen LogP contribution in [0.2, 0.25) is 0 Å². The molecule has 4 aromatic rings. The van der Waals surface area contributed by atoms with Crippen LogP contribution in [-0.2, 0) is 9.47 Å². The lowest BCUT2D eigenvalue weighted by Crippen LogP contribution is -2.30. The van der Waals surface area contributed by atoms with Gasteiger partial charge in [0.1, 0.15) is 0 Å². The molecule has 4 aromatic heterocycles. The van der Waals surface area contributed by atoms with Crippen LogP contribution in [0.5, 0.6) is 0 Å². The highest BCUT2D eigenvalue weighted by molar-refractivity contribution is 7.22. The molecule has 0 N–H and O–H groups in total. The Balaban J connectivity index is 1.45. The second-order valence-electron chi connectivity index (χ2n) is 10.4.